The summed E-state index contributed by atoms with van der Waals surface area (Å²) >= 11 is 0. The second-order valence-corrected chi connectivity index (χ2v) is 5.34. The number of rotatable bonds is 6. The standard InChI is InChI=1S/C15H20N4O/c1-11-3-6-15(14(18-11)8-17-12-4-5-12)20-9-13-7-16-10-19(13)2/h3,6-7,10,12,17H,4-5,8-9H2,1-2H3. The SMILES string of the molecule is Cc1ccc(OCc2cncn2C)c(CNC2CC2)n1. The molecule has 1 aliphatic carbocycles. The minimum atomic E-state index is 0.512. The number of hydrogen-bond donors (Lipinski definition) is 1. The predicted molar refractivity (Wildman–Crippen MR) is 76.4 cm³/mol. The average Bonchev–Trinajstić information content (AvgIpc) is 3.18. The Hall–Kier alpha value is -1.88. The zero-order valence-electron chi connectivity index (χ0n) is 12.0. The molecule has 2 heterocycles. The van der Waals surface area contributed by atoms with Gasteiger partial charge in [0, 0.05) is 25.3 Å². The van der Waals surface area contributed by atoms with E-state index in [0.717, 1.165) is 29.4 Å². The van der Waals surface area contributed by atoms with Crippen LogP contribution in [0, 0.1) is 6.92 Å². The molecule has 0 radical (unpaired) electrons. The van der Waals surface area contributed by atoms with Crippen LogP contribution in [0.2, 0.25) is 0 Å². The number of aromatic nitrogens is 3. The van der Waals surface area contributed by atoms with Crippen LogP contribution in [0.3, 0.4) is 0 Å². The smallest absolute Gasteiger partial charge is 0.142 e. The summed E-state index contributed by atoms with van der Waals surface area (Å²) < 4.78 is 7.87. The minimum absolute atomic E-state index is 0.512. The molecule has 0 spiro atoms. The molecule has 0 atom stereocenters. The molecule has 1 fully saturated rings. The first kappa shape index (κ1) is 13.1. The van der Waals surface area contributed by atoms with Crippen LogP contribution in [0.25, 0.3) is 0 Å². The van der Waals surface area contributed by atoms with Gasteiger partial charge in [-0.25, -0.2) is 4.98 Å². The third-order valence-electron chi connectivity index (χ3n) is 3.50. The first-order valence-electron chi connectivity index (χ1n) is 7.00. The van der Waals surface area contributed by atoms with Crippen molar-refractivity contribution in [2.24, 2.45) is 7.05 Å². The zero-order valence-corrected chi connectivity index (χ0v) is 12.0. The topological polar surface area (TPSA) is 52.0 Å². The third-order valence-corrected chi connectivity index (χ3v) is 3.50. The van der Waals surface area contributed by atoms with Crippen molar-refractivity contribution in [1.29, 1.82) is 0 Å². The van der Waals surface area contributed by atoms with Gasteiger partial charge >= 0.3 is 0 Å². The van der Waals surface area contributed by atoms with Crippen molar-refractivity contribution in [3.05, 3.63) is 41.7 Å². The Morgan fingerprint density at radius 1 is 1.40 bits per heavy atom. The molecule has 5 heteroatoms. The summed E-state index contributed by atoms with van der Waals surface area (Å²) in [5, 5.41) is 3.49. The highest BCUT2D eigenvalue weighted by atomic mass is 16.5. The van der Waals surface area contributed by atoms with Gasteiger partial charge in [0.1, 0.15) is 12.4 Å². The molecule has 1 saturated carbocycles. The fourth-order valence-electron chi connectivity index (χ4n) is 2.06. The number of hydrogen-bond acceptors (Lipinski definition) is 4. The van der Waals surface area contributed by atoms with E-state index in [0.29, 0.717) is 12.6 Å². The number of aryl methyl sites for hydroxylation is 2. The van der Waals surface area contributed by atoms with Crippen molar-refractivity contribution in [2.45, 2.75) is 39.0 Å². The zero-order chi connectivity index (χ0) is 13.9. The van der Waals surface area contributed by atoms with E-state index in [-0.39, 0.29) is 0 Å². The summed E-state index contributed by atoms with van der Waals surface area (Å²) in [5.41, 5.74) is 3.05. The van der Waals surface area contributed by atoms with E-state index in [1.807, 2.05) is 36.9 Å². The van der Waals surface area contributed by atoms with E-state index >= 15 is 0 Å². The highest BCUT2D eigenvalue weighted by molar-refractivity contribution is 5.29. The summed E-state index contributed by atoms with van der Waals surface area (Å²) in [6, 6.07) is 4.66. The van der Waals surface area contributed by atoms with Crippen LogP contribution in [-0.4, -0.2) is 20.6 Å². The Morgan fingerprint density at radius 3 is 2.95 bits per heavy atom. The number of imidazole rings is 1. The lowest BCUT2D eigenvalue weighted by atomic mass is 10.2. The van der Waals surface area contributed by atoms with Crippen molar-refractivity contribution in [2.75, 3.05) is 0 Å². The molecule has 106 valence electrons. The Bertz CT molecular complexity index is 589. The van der Waals surface area contributed by atoms with Gasteiger partial charge in [-0.3, -0.25) is 4.98 Å². The number of nitrogens with one attached hydrogen (secondary N) is 1. The Morgan fingerprint density at radius 2 is 2.25 bits per heavy atom. The van der Waals surface area contributed by atoms with Crippen LogP contribution < -0.4 is 10.1 Å². The molecule has 1 aliphatic rings. The fraction of sp³-hybridized carbons (Fsp3) is 0.467. The highest BCUT2D eigenvalue weighted by Gasteiger charge is 2.21. The van der Waals surface area contributed by atoms with Gasteiger partial charge in [0.05, 0.1) is 23.9 Å². The van der Waals surface area contributed by atoms with E-state index in [2.05, 4.69) is 15.3 Å². The van der Waals surface area contributed by atoms with Crippen molar-refractivity contribution in [3.63, 3.8) is 0 Å². The molecular formula is C15H20N4O. The van der Waals surface area contributed by atoms with Gasteiger partial charge in [-0.05, 0) is 31.9 Å². The quantitative estimate of drug-likeness (QED) is 0.873. The second kappa shape index (κ2) is 5.63. The molecule has 0 aliphatic heterocycles. The van der Waals surface area contributed by atoms with E-state index in [9.17, 15) is 0 Å². The molecule has 3 rings (SSSR count). The number of pyridine rings is 1. The maximum Gasteiger partial charge on any atom is 0.142 e. The van der Waals surface area contributed by atoms with E-state index in [1.54, 1.807) is 6.33 Å². The summed E-state index contributed by atoms with van der Waals surface area (Å²) in [6.07, 6.45) is 6.15. The lowest BCUT2D eigenvalue weighted by Crippen LogP contribution is -2.17. The van der Waals surface area contributed by atoms with Gasteiger partial charge in [0.15, 0.2) is 0 Å². The second-order valence-electron chi connectivity index (χ2n) is 5.34. The molecular weight excluding hydrogens is 252 g/mol. The Balaban J connectivity index is 1.68. The Kier molecular flexibility index (Phi) is 3.69. The minimum Gasteiger partial charge on any atom is -0.485 e. The van der Waals surface area contributed by atoms with Gasteiger partial charge in [0.2, 0.25) is 0 Å². The third kappa shape index (κ3) is 3.17. The van der Waals surface area contributed by atoms with E-state index in [4.69, 9.17) is 4.74 Å². The number of ether oxygens (including phenoxy) is 1. The van der Waals surface area contributed by atoms with Gasteiger partial charge < -0.3 is 14.6 Å². The molecule has 1 N–H and O–H groups in total. The number of nitrogens with zero attached hydrogens (tertiary/aromatic N) is 3. The van der Waals surface area contributed by atoms with Crippen molar-refractivity contribution < 1.29 is 4.74 Å². The van der Waals surface area contributed by atoms with E-state index < -0.39 is 0 Å². The summed E-state index contributed by atoms with van der Waals surface area (Å²) in [7, 11) is 1.97. The molecule has 5 nitrogen and oxygen atoms in total. The van der Waals surface area contributed by atoms with Gasteiger partial charge in [-0.15, -0.1) is 0 Å². The molecule has 0 bridgehead atoms. The summed E-state index contributed by atoms with van der Waals surface area (Å²) in [5.74, 6) is 0.852. The largest absolute Gasteiger partial charge is 0.485 e. The molecule has 2 aromatic rings. The fourth-order valence-corrected chi connectivity index (χ4v) is 2.06. The highest BCUT2D eigenvalue weighted by Crippen LogP contribution is 2.22. The molecule has 0 saturated heterocycles. The first-order chi connectivity index (χ1) is 9.72. The first-order valence-corrected chi connectivity index (χ1v) is 7.00. The summed E-state index contributed by atoms with van der Waals surface area (Å²) in [6.45, 7) is 3.29. The van der Waals surface area contributed by atoms with Crippen molar-refractivity contribution in [1.82, 2.24) is 19.9 Å². The van der Waals surface area contributed by atoms with Crippen LogP contribution in [0.5, 0.6) is 5.75 Å². The van der Waals surface area contributed by atoms with Crippen molar-refractivity contribution >= 4 is 0 Å². The molecule has 0 unspecified atom stereocenters. The molecule has 2 aromatic heterocycles. The lowest BCUT2D eigenvalue weighted by Gasteiger charge is -2.12. The van der Waals surface area contributed by atoms with Crippen LogP contribution >= 0.6 is 0 Å². The lowest BCUT2D eigenvalue weighted by molar-refractivity contribution is 0.291. The molecule has 0 aromatic carbocycles. The molecule has 0 amide bonds. The van der Waals surface area contributed by atoms with Gasteiger partial charge in [0.25, 0.3) is 0 Å². The van der Waals surface area contributed by atoms with Gasteiger partial charge in [-0.1, -0.05) is 0 Å². The normalized spacial score (nSPS) is 14.5. The average molecular weight is 272 g/mol. The predicted octanol–water partition coefficient (Wildman–Crippen LogP) is 1.95. The van der Waals surface area contributed by atoms with Crippen LogP contribution in [0.15, 0.2) is 24.7 Å². The van der Waals surface area contributed by atoms with Crippen molar-refractivity contribution in [3.8, 4) is 5.75 Å². The van der Waals surface area contributed by atoms with Crippen LogP contribution in [0.4, 0.5) is 0 Å². The molecule has 20 heavy (non-hydrogen) atoms. The maximum atomic E-state index is 5.91. The van der Waals surface area contributed by atoms with Crippen LogP contribution in [0.1, 0.15) is 29.9 Å². The van der Waals surface area contributed by atoms with Crippen LogP contribution in [-0.2, 0) is 20.2 Å². The Labute approximate surface area is 119 Å². The monoisotopic (exact) mass is 272 g/mol. The summed E-state index contributed by atoms with van der Waals surface area (Å²) in [4.78, 5) is 8.68. The van der Waals surface area contributed by atoms with E-state index in [1.165, 1.54) is 12.8 Å². The van der Waals surface area contributed by atoms with Gasteiger partial charge in [-0.2, -0.15) is 0 Å². The maximum absolute atomic E-state index is 5.91.